The number of thiocarbonyl (C=S) groups is 1. The van der Waals surface area contributed by atoms with Crippen molar-refractivity contribution in [3.05, 3.63) is 23.4 Å². The molecule has 1 rings (SSSR count). The van der Waals surface area contributed by atoms with Gasteiger partial charge in [-0.15, -0.1) is 0 Å². The number of pyridine rings is 1. The number of hydrogen-bond donors (Lipinski definition) is 1. The molecule has 0 saturated heterocycles. The molecule has 0 aliphatic heterocycles. The first kappa shape index (κ1) is 13.9. The second-order valence-corrected chi connectivity index (χ2v) is 5.26. The van der Waals surface area contributed by atoms with Gasteiger partial charge in [-0.3, -0.25) is 0 Å². The minimum absolute atomic E-state index is 0.419. The summed E-state index contributed by atoms with van der Waals surface area (Å²) >= 11 is 5.02. The van der Waals surface area contributed by atoms with Crippen LogP contribution in [0.3, 0.4) is 0 Å². The van der Waals surface area contributed by atoms with E-state index in [4.69, 9.17) is 18.0 Å². The summed E-state index contributed by atoms with van der Waals surface area (Å²) in [5.41, 5.74) is 7.49. The van der Waals surface area contributed by atoms with Gasteiger partial charge in [-0.05, 0) is 31.9 Å². The molecule has 0 aromatic carbocycles. The van der Waals surface area contributed by atoms with Gasteiger partial charge in [0, 0.05) is 24.3 Å². The summed E-state index contributed by atoms with van der Waals surface area (Å²) in [4.78, 5) is 7.12. The van der Waals surface area contributed by atoms with E-state index in [9.17, 15) is 0 Å². The lowest BCUT2D eigenvalue weighted by molar-refractivity contribution is 0.502. The molecule has 0 spiro atoms. The van der Waals surface area contributed by atoms with E-state index in [0.29, 0.717) is 16.9 Å². The van der Waals surface area contributed by atoms with Crippen LogP contribution in [0.2, 0.25) is 0 Å². The third-order valence-electron chi connectivity index (χ3n) is 3.16. The number of rotatable bonds is 4. The molecule has 94 valence electrons. The van der Waals surface area contributed by atoms with Crippen molar-refractivity contribution >= 4 is 23.0 Å². The Bertz CT molecular complexity index is 415. The smallest absolute Gasteiger partial charge is 0.129 e. The molecule has 0 aliphatic rings. The van der Waals surface area contributed by atoms with E-state index >= 15 is 0 Å². The van der Waals surface area contributed by atoms with Crippen LogP contribution in [0.25, 0.3) is 0 Å². The van der Waals surface area contributed by atoms with Crippen LogP contribution in [-0.2, 0) is 0 Å². The third-order valence-corrected chi connectivity index (χ3v) is 3.40. The second kappa shape index (κ2) is 5.45. The lowest BCUT2D eigenvalue weighted by atomic mass is 10.1. The quantitative estimate of drug-likeness (QED) is 0.835. The molecule has 0 aliphatic carbocycles. The molecule has 1 heterocycles. The zero-order valence-corrected chi connectivity index (χ0v) is 12.0. The van der Waals surface area contributed by atoms with Gasteiger partial charge in [0.25, 0.3) is 0 Å². The van der Waals surface area contributed by atoms with Crippen LogP contribution in [0, 0.1) is 12.8 Å². The second-order valence-electron chi connectivity index (χ2n) is 4.82. The molecule has 1 atom stereocenters. The molecule has 0 bridgehead atoms. The first-order chi connectivity index (χ1) is 7.82. The summed E-state index contributed by atoms with van der Waals surface area (Å²) in [7, 11) is 2.05. The number of aryl methyl sites for hydroxylation is 1. The molecular formula is C13H21N3S. The number of nitrogens with zero attached hydrogens (tertiary/aromatic N) is 2. The Labute approximate surface area is 109 Å². The molecule has 1 aromatic rings. The fraction of sp³-hybridized carbons (Fsp3) is 0.538. The fourth-order valence-corrected chi connectivity index (χ4v) is 1.75. The van der Waals surface area contributed by atoms with Crippen molar-refractivity contribution in [2.24, 2.45) is 11.7 Å². The maximum Gasteiger partial charge on any atom is 0.129 e. The molecule has 4 heteroatoms. The minimum atomic E-state index is 0.419. The average molecular weight is 251 g/mol. The van der Waals surface area contributed by atoms with Crippen LogP contribution in [0.5, 0.6) is 0 Å². The first-order valence-corrected chi connectivity index (χ1v) is 6.25. The number of anilines is 1. The van der Waals surface area contributed by atoms with Crippen molar-refractivity contribution in [2.45, 2.75) is 33.7 Å². The topological polar surface area (TPSA) is 42.1 Å². The predicted octanol–water partition coefficient (Wildman–Crippen LogP) is 2.50. The molecule has 1 unspecified atom stereocenters. The van der Waals surface area contributed by atoms with Crippen molar-refractivity contribution in [3.8, 4) is 0 Å². The Morgan fingerprint density at radius 2 is 1.94 bits per heavy atom. The van der Waals surface area contributed by atoms with Gasteiger partial charge >= 0.3 is 0 Å². The van der Waals surface area contributed by atoms with E-state index in [2.05, 4.69) is 37.7 Å². The van der Waals surface area contributed by atoms with Gasteiger partial charge in [-0.1, -0.05) is 26.1 Å². The van der Waals surface area contributed by atoms with Crippen LogP contribution in [-0.4, -0.2) is 23.1 Å². The fourth-order valence-electron chi connectivity index (χ4n) is 1.63. The lowest BCUT2D eigenvalue weighted by Gasteiger charge is -2.29. The van der Waals surface area contributed by atoms with Crippen LogP contribution >= 0.6 is 12.2 Å². The Kier molecular flexibility index (Phi) is 4.46. The SMILES string of the molecule is Cc1cc(C(N)=S)cc(N(C)C(C)C(C)C)n1. The summed E-state index contributed by atoms with van der Waals surface area (Å²) in [6, 6.07) is 4.29. The maximum absolute atomic E-state index is 5.67. The highest BCUT2D eigenvalue weighted by Gasteiger charge is 2.15. The predicted molar refractivity (Wildman–Crippen MR) is 77.6 cm³/mol. The van der Waals surface area contributed by atoms with Gasteiger partial charge in [0.1, 0.15) is 10.8 Å². The number of hydrogen-bond acceptors (Lipinski definition) is 3. The van der Waals surface area contributed by atoms with Crippen LogP contribution in [0.1, 0.15) is 32.0 Å². The van der Waals surface area contributed by atoms with E-state index in [1.165, 1.54) is 0 Å². The summed E-state index contributed by atoms with van der Waals surface area (Å²) in [6.07, 6.45) is 0. The molecule has 0 fully saturated rings. The number of nitrogens with two attached hydrogens (primary N) is 1. The monoisotopic (exact) mass is 251 g/mol. The largest absolute Gasteiger partial charge is 0.389 e. The molecule has 3 nitrogen and oxygen atoms in total. The Balaban J connectivity index is 3.09. The highest BCUT2D eigenvalue weighted by molar-refractivity contribution is 7.80. The van der Waals surface area contributed by atoms with E-state index in [1.54, 1.807) is 0 Å². The highest BCUT2D eigenvalue weighted by Crippen LogP contribution is 2.19. The van der Waals surface area contributed by atoms with Gasteiger partial charge in [-0.25, -0.2) is 4.98 Å². The Morgan fingerprint density at radius 3 is 2.41 bits per heavy atom. The molecule has 0 radical (unpaired) electrons. The number of aromatic nitrogens is 1. The van der Waals surface area contributed by atoms with E-state index in [1.807, 2.05) is 19.1 Å². The average Bonchev–Trinajstić information content (AvgIpc) is 2.25. The Morgan fingerprint density at radius 1 is 1.35 bits per heavy atom. The van der Waals surface area contributed by atoms with Crippen LogP contribution < -0.4 is 10.6 Å². The summed E-state index contributed by atoms with van der Waals surface area (Å²) < 4.78 is 0. The van der Waals surface area contributed by atoms with Gasteiger partial charge in [0.15, 0.2) is 0 Å². The van der Waals surface area contributed by atoms with E-state index < -0.39 is 0 Å². The van der Waals surface area contributed by atoms with Gasteiger partial charge in [-0.2, -0.15) is 0 Å². The maximum atomic E-state index is 5.67. The minimum Gasteiger partial charge on any atom is -0.389 e. The zero-order valence-electron chi connectivity index (χ0n) is 11.2. The van der Waals surface area contributed by atoms with Crippen molar-refractivity contribution in [1.82, 2.24) is 4.98 Å². The van der Waals surface area contributed by atoms with Crippen LogP contribution in [0.15, 0.2) is 12.1 Å². The molecule has 0 amide bonds. The third kappa shape index (κ3) is 3.40. The van der Waals surface area contributed by atoms with E-state index in [-0.39, 0.29) is 0 Å². The van der Waals surface area contributed by atoms with Crippen molar-refractivity contribution in [3.63, 3.8) is 0 Å². The lowest BCUT2D eigenvalue weighted by Crippen LogP contribution is -2.34. The zero-order chi connectivity index (χ0) is 13.2. The normalized spacial score (nSPS) is 12.6. The summed E-state index contributed by atoms with van der Waals surface area (Å²) in [5.74, 6) is 1.49. The van der Waals surface area contributed by atoms with Crippen molar-refractivity contribution in [1.29, 1.82) is 0 Å². The van der Waals surface area contributed by atoms with Crippen molar-refractivity contribution in [2.75, 3.05) is 11.9 Å². The molecule has 0 saturated carbocycles. The molecule has 2 N–H and O–H groups in total. The molecular weight excluding hydrogens is 230 g/mol. The molecule has 17 heavy (non-hydrogen) atoms. The van der Waals surface area contributed by atoms with Crippen molar-refractivity contribution < 1.29 is 0 Å². The summed E-state index contributed by atoms with van der Waals surface area (Å²) in [5, 5.41) is 0. The van der Waals surface area contributed by atoms with Gasteiger partial charge in [0.05, 0.1) is 0 Å². The summed E-state index contributed by atoms with van der Waals surface area (Å²) in [6.45, 7) is 8.55. The van der Waals surface area contributed by atoms with Crippen LogP contribution in [0.4, 0.5) is 5.82 Å². The van der Waals surface area contributed by atoms with Gasteiger partial charge < -0.3 is 10.6 Å². The standard InChI is InChI=1S/C13H21N3S/c1-8(2)10(4)16(5)12-7-11(13(14)17)6-9(3)15-12/h6-8,10H,1-5H3,(H2,14,17). The molecule has 1 aromatic heterocycles. The van der Waals surface area contributed by atoms with E-state index in [0.717, 1.165) is 17.1 Å². The highest BCUT2D eigenvalue weighted by atomic mass is 32.1. The Hall–Kier alpha value is -1.16. The first-order valence-electron chi connectivity index (χ1n) is 5.84. The van der Waals surface area contributed by atoms with Gasteiger partial charge in [0.2, 0.25) is 0 Å².